The van der Waals surface area contributed by atoms with Crippen molar-refractivity contribution < 1.29 is 0 Å². The molecule has 0 N–H and O–H groups in total. The summed E-state index contributed by atoms with van der Waals surface area (Å²) in [6.45, 7) is 6.09. The molecule has 1 aliphatic heterocycles. The van der Waals surface area contributed by atoms with Crippen LogP contribution in [0.1, 0.15) is 26.7 Å². The molecule has 0 amide bonds. The fourth-order valence-electron chi connectivity index (χ4n) is 2.82. The molecule has 1 heteroatoms. The van der Waals surface area contributed by atoms with E-state index in [2.05, 4.69) is 25.8 Å². The van der Waals surface area contributed by atoms with Gasteiger partial charge < -0.3 is 4.90 Å². The Morgan fingerprint density at radius 2 is 2.30 bits per heavy atom. The van der Waals surface area contributed by atoms with Gasteiger partial charge in [-0.25, -0.2) is 0 Å². The highest BCUT2D eigenvalue weighted by Crippen LogP contribution is 2.60. The van der Waals surface area contributed by atoms with Crippen molar-refractivity contribution in [2.24, 2.45) is 11.3 Å². The van der Waals surface area contributed by atoms with Gasteiger partial charge in [-0.2, -0.15) is 0 Å². The maximum Gasteiger partial charge on any atom is 0.0124 e. The highest BCUT2D eigenvalue weighted by atomic mass is 15.2. The lowest BCUT2D eigenvalue weighted by Crippen LogP contribution is -2.28. The minimum absolute atomic E-state index is 0.732. The highest BCUT2D eigenvalue weighted by Gasteiger charge is 2.59. The standard InChI is InChI=1S/C9H17N/c1-4-8-7-5-9(7,2)6-10(8)3/h7-8H,4-6H2,1-3H3/t7-,8+,9+/m0/s1. The summed E-state index contributed by atoms with van der Waals surface area (Å²) >= 11 is 0. The van der Waals surface area contributed by atoms with Gasteiger partial charge in [0, 0.05) is 12.6 Å². The molecule has 10 heavy (non-hydrogen) atoms. The summed E-state index contributed by atoms with van der Waals surface area (Å²) in [5.41, 5.74) is 0.732. The van der Waals surface area contributed by atoms with Crippen molar-refractivity contribution in [2.45, 2.75) is 32.7 Å². The van der Waals surface area contributed by atoms with E-state index in [0.717, 1.165) is 17.4 Å². The van der Waals surface area contributed by atoms with Crippen LogP contribution in [-0.2, 0) is 0 Å². The van der Waals surface area contributed by atoms with Crippen molar-refractivity contribution in [3.63, 3.8) is 0 Å². The van der Waals surface area contributed by atoms with Crippen LogP contribution >= 0.6 is 0 Å². The minimum atomic E-state index is 0.732. The average molecular weight is 139 g/mol. The molecule has 1 saturated heterocycles. The summed E-state index contributed by atoms with van der Waals surface area (Å²) < 4.78 is 0. The summed E-state index contributed by atoms with van der Waals surface area (Å²) in [5.74, 6) is 1.04. The van der Waals surface area contributed by atoms with Gasteiger partial charge in [0.1, 0.15) is 0 Å². The third-order valence-corrected chi connectivity index (χ3v) is 3.48. The number of hydrogen-bond acceptors (Lipinski definition) is 1. The second kappa shape index (κ2) is 1.76. The Labute approximate surface area is 63.4 Å². The summed E-state index contributed by atoms with van der Waals surface area (Å²) in [5, 5.41) is 0. The van der Waals surface area contributed by atoms with E-state index in [1.165, 1.54) is 19.4 Å². The van der Waals surface area contributed by atoms with Gasteiger partial charge in [-0.05, 0) is 31.2 Å². The number of fused-ring (bicyclic) bond motifs is 1. The molecule has 0 bridgehead atoms. The summed E-state index contributed by atoms with van der Waals surface area (Å²) in [7, 11) is 2.27. The Balaban J connectivity index is 2.10. The molecule has 1 heterocycles. The third kappa shape index (κ3) is 0.672. The zero-order chi connectivity index (χ0) is 7.35. The molecule has 0 aromatic carbocycles. The Kier molecular flexibility index (Phi) is 1.17. The van der Waals surface area contributed by atoms with Crippen LogP contribution in [0.2, 0.25) is 0 Å². The predicted octanol–water partition coefficient (Wildman–Crippen LogP) is 1.74. The zero-order valence-electron chi connectivity index (χ0n) is 7.22. The fourth-order valence-corrected chi connectivity index (χ4v) is 2.82. The van der Waals surface area contributed by atoms with Crippen molar-refractivity contribution in [3.05, 3.63) is 0 Å². The maximum atomic E-state index is 2.54. The monoisotopic (exact) mass is 139 g/mol. The quantitative estimate of drug-likeness (QED) is 0.535. The topological polar surface area (TPSA) is 3.24 Å². The summed E-state index contributed by atoms with van der Waals surface area (Å²) in [6.07, 6.45) is 2.84. The fraction of sp³-hybridized carbons (Fsp3) is 1.00. The number of likely N-dealkylation sites (tertiary alicyclic amines) is 1. The predicted molar refractivity (Wildman–Crippen MR) is 42.9 cm³/mol. The molecule has 0 spiro atoms. The molecule has 0 radical (unpaired) electrons. The number of piperidine rings is 1. The van der Waals surface area contributed by atoms with Crippen molar-refractivity contribution in [3.8, 4) is 0 Å². The first-order valence-corrected chi connectivity index (χ1v) is 4.37. The van der Waals surface area contributed by atoms with Crippen LogP contribution in [0.4, 0.5) is 0 Å². The van der Waals surface area contributed by atoms with E-state index >= 15 is 0 Å². The molecule has 0 unspecified atom stereocenters. The summed E-state index contributed by atoms with van der Waals surface area (Å²) in [4.78, 5) is 2.54. The van der Waals surface area contributed by atoms with Gasteiger partial charge >= 0.3 is 0 Å². The number of nitrogens with zero attached hydrogens (tertiary/aromatic N) is 1. The molecule has 2 aliphatic rings. The molecular weight excluding hydrogens is 122 g/mol. The highest BCUT2D eigenvalue weighted by molar-refractivity contribution is 5.11. The lowest BCUT2D eigenvalue weighted by atomic mass is 10.1. The smallest absolute Gasteiger partial charge is 0.0124 e. The van der Waals surface area contributed by atoms with Gasteiger partial charge in [0.25, 0.3) is 0 Å². The van der Waals surface area contributed by atoms with Crippen LogP contribution in [0.5, 0.6) is 0 Å². The van der Waals surface area contributed by atoms with Crippen molar-refractivity contribution in [2.75, 3.05) is 13.6 Å². The van der Waals surface area contributed by atoms with Crippen LogP contribution in [0, 0.1) is 11.3 Å². The molecule has 58 valence electrons. The van der Waals surface area contributed by atoms with Gasteiger partial charge in [-0.15, -0.1) is 0 Å². The van der Waals surface area contributed by atoms with Crippen LogP contribution < -0.4 is 0 Å². The van der Waals surface area contributed by atoms with Gasteiger partial charge in [-0.1, -0.05) is 13.8 Å². The van der Waals surface area contributed by atoms with Gasteiger partial charge in [-0.3, -0.25) is 0 Å². The first-order chi connectivity index (χ1) is 4.67. The Morgan fingerprint density at radius 1 is 1.60 bits per heavy atom. The van der Waals surface area contributed by atoms with E-state index in [4.69, 9.17) is 0 Å². The van der Waals surface area contributed by atoms with E-state index in [-0.39, 0.29) is 0 Å². The molecule has 2 fully saturated rings. The molecule has 1 aliphatic carbocycles. The van der Waals surface area contributed by atoms with E-state index in [0.29, 0.717) is 0 Å². The number of rotatable bonds is 1. The molecule has 3 atom stereocenters. The van der Waals surface area contributed by atoms with Crippen LogP contribution in [0.25, 0.3) is 0 Å². The maximum absolute atomic E-state index is 2.54. The molecular formula is C9H17N. The van der Waals surface area contributed by atoms with E-state index in [1.54, 1.807) is 0 Å². The van der Waals surface area contributed by atoms with E-state index in [9.17, 15) is 0 Å². The molecule has 1 nitrogen and oxygen atoms in total. The largest absolute Gasteiger partial charge is 0.303 e. The SMILES string of the molecule is CC[C@@H]1[C@@H]2C[C@]2(C)CN1C. The lowest BCUT2D eigenvalue weighted by molar-refractivity contribution is 0.255. The van der Waals surface area contributed by atoms with Gasteiger partial charge in [0.05, 0.1) is 0 Å². The Hall–Kier alpha value is -0.0400. The first-order valence-electron chi connectivity index (χ1n) is 4.37. The van der Waals surface area contributed by atoms with E-state index in [1.807, 2.05) is 0 Å². The Morgan fingerprint density at radius 3 is 2.60 bits per heavy atom. The third-order valence-electron chi connectivity index (χ3n) is 3.48. The second-order valence-electron chi connectivity index (χ2n) is 4.36. The van der Waals surface area contributed by atoms with E-state index < -0.39 is 0 Å². The first kappa shape index (κ1) is 6.66. The molecule has 1 saturated carbocycles. The van der Waals surface area contributed by atoms with Crippen LogP contribution in [0.3, 0.4) is 0 Å². The zero-order valence-corrected chi connectivity index (χ0v) is 7.22. The number of hydrogen-bond donors (Lipinski definition) is 0. The van der Waals surface area contributed by atoms with Crippen LogP contribution in [0.15, 0.2) is 0 Å². The van der Waals surface area contributed by atoms with Crippen molar-refractivity contribution in [1.82, 2.24) is 4.90 Å². The lowest BCUT2D eigenvalue weighted by Gasteiger charge is -2.21. The molecule has 2 rings (SSSR count). The van der Waals surface area contributed by atoms with Crippen molar-refractivity contribution >= 4 is 0 Å². The average Bonchev–Trinajstić information content (AvgIpc) is 2.38. The van der Waals surface area contributed by atoms with Crippen molar-refractivity contribution in [1.29, 1.82) is 0 Å². The normalized spacial score (nSPS) is 53.1. The minimum Gasteiger partial charge on any atom is -0.303 e. The van der Waals surface area contributed by atoms with Crippen LogP contribution in [-0.4, -0.2) is 24.5 Å². The van der Waals surface area contributed by atoms with Gasteiger partial charge in [0.15, 0.2) is 0 Å². The Bertz CT molecular complexity index is 155. The van der Waals surface area contributed by atoms with Gasteiger partial charge in [0.2, 0.25) is 0 Å². The molecule has 0 aromatic rings. The second-order valence-corrected chi connectivity index (χ2v) is 4.36. The summed E-state index contributed by atoms with van der Waals surface area (Å²) in [6, 6.07) is 0.907. The molecule has 0 aromatic heterocycles.